The summed E-state index contributed by atoms with van der Waals surface area (Å²) in [5, 5.41) is 0. The van der Waals surface area contributed by atoms with Gasteiger partial charge in [0.1, 0.15) is 5.82 Å². The molecule has 70 valence electrons. The van der Waals surface area contributed by atoms with Crippen molar-refractivity contribution in [2.45, 2.75) is 25.2 Å². The van der Waals surface area contributed by atoms with E-state index < -0.39 is 0 Å². The lowest BCUT2D eigenvalue weighted by Crippen LogP contribution is -2.19. The Kier molecular flexibility index (Phi) is 1.88. The number of halogens is 1. The molecule has 0 spiro atoms. The van der Waals surface area contributed by atoms with Crippen molar-refractivity contribution >= 4 is 0 Å². The van der Waals surface area contributed by atoms with Crippen LogP contribution in [-0.2, 0) is 5.41 Å². The Morgan fingerprint density at radius 1 is 1.46 bits per heavy atom. The van der Waals surface area contributed by atoms with Gasteiger partial charge < -0.3 is 5.73 Å². The van der Waals surface area contributed by atoms with Crippen molar-refractivity contribution < 1.29 is 4.39 Å². The first-order valence-corrected chi connectivity index (χ1v) is 4.65. The largest absolute Gasteiger partial charge is 0.330 e. The molecule has 0 unspecified atom stereocenters. The summed E-state index contributed by atoms with van der Waals surface area (Å²) in [7, 11) is 0. The maximum absolute atomic E-state index is 13.0. The van der Waals surface area contributed by atoms with Gasteiger partial charge in [-0.2, -0.15) is 0 Å². The third-order valence-electron chi connectivity index (χ3n) is 3.01. The molecule has 13 heavy (non-hydrogen) atoms. The fraction of sp³-hybridized carbons (Fsp3) is 0.455. The molecule has 0 radical (unpaired) electrons. The summed E-state index contributed by atoms with van der Waals surface area (Å²) < 4.78 is 13.0. The number of rotatable bonds is 2. The molecule has 0 amide bonds. The van der Waals surface area contributed by atoms with Crippen LogP contribution in [0.5, 0.6) is 0 Å². The second-order valence-corrected chi connectivity index (χ2v) is 3.95. The molecular weight excluding hydrogens is 165 g/mol. The fourth-order valence-corrected chi connectivity index (χ4v) is 1.74. The van der Waals surface area contributed by atoms with E-state index >= 15 is 0 Å². The van der Waals surface area contributed by atoms with Crippen molar-refractivity contribution in [1.29, 1.82) is 0 Å². The van der Waals surface area contributed by atoms with Crippen molar-refractivity contribution in [1.82, 2.24) is 0 Å². The predicted octanol–water partition coefficient (Wildman–Crippen LogP) is 2.12. The van der Waals surface area contributed by atoms with Gasteiger partial charge in [-0.3, -0.25) is 0 Å². The van der Waals surface area contributed by atoms with Gasteiger partial charge >= 0.3 is 0 Å². The zero-order valence-electron chi connectivity index (χ0n) is 7.81. The lowest BCUT2D eigenvalue weighted by Gasteiger charge is -2.13. The zero-order chi connectivity index (χ0) is 9.47. The van der Waals surface area contributed by atoms with E-state index in [0.29, 0.717) is 6.54 Å². The maximum Gasteiger partial charge on any atom is 0.126 e. The van der Waals surface area contributed by atoms with Gasteiger partial charge in [0, 0.05) is 12.0 Å². The molecule has 2 heteroatoms. The van der Waals surface area contributed by atoms with Gasteiger partial charge in [0.15, 0.2) is 0 Å². The van der Waals surface area contributed by atoms with Gasteiger partial charge in [-0.05, 0) is 37.0 Å². The number of hydrogen-bond donors (Lipinski definition) is 1. The van der Waals surface area contributed by atoms with E-state index in [2.05, 4.69) is 0 Å². The van der Waals surface area contributed by atoms with Crippen LogP contribution in [0, 0.1) is 12.7 Å². The van der Waals surface area contributed by atoms with E-state index in [-0.39, 0.29) is 11.2 Å². The van der Waals surface area contributed by atoms with Crippen molar-refractivity contribution in [2.75, 3.05) is 6.54 Å². The predicted molar refractivity (Wildman–Crippen MR) is 51.1 cm³/mol. The summed E-state index contributed by atoms with van der Waals surface area (Å²) in [6, 6.07) is 5.33. The molecule has 1 saturated carbocycles. The quantitative estimate of drug-likeness (QED) is 0.739. The van der Waals surface area contributed by atoms with Gasteiger partial charge in [-0.15, -0.1) is 0 Å². The van der Waals surface area contributed by atoms with E-state index in [1.165, 1.54) is 5.56 Å². The SMILES string of the molecule is Cc1cc(C2(CN)CC2)ccc1F. The number of hydrogen-bond acceptors (Lipinski definition) is 1. The van der Waals surface area contributed by atoms with Crippen LogP contribution in [0.15, 0.2) is 18.2 Å². The molecule has 0 atom stereocenters. The van der Waals surface area contributed by atoms with Gasteiger partial charge in [-0.1, -0.05) is 12.1 Å². The molecule has 1 nitrogen and oxygen atoms in total. The highest BCUT2D eigenvalue weighted by Gasteiger charge is 2.42. The normalized spacial score (nSPS) is 18.7. The highest BCUT2D eigenvalue weighted by Crippen LogP contribution is 2.47. The smallest absolute Gasteiger partial charge is 0.126 e. The average molecular weight is 179 g/mol. The van der Waals surface area contributed by atoms with Crippen LogP contribution < -0.4 is 5.73 Å². The topological polar surface area (TPSA) is 26.0 Å². The van der Waals surface area contributed by atoms with Crippen molar-refractivity contribution in [2.24, 2.45) is 5.73 Å². The van der Waals surface area contributed by atoms with E-state index in [1.54, 1.807) is 13.0 Å². The van der Waals surface area contributed by atoms with Gasteiger partial charge in [0.2, 0.25) is 0 Å². The van der Waals surface area contributed by atoms with Gasteiger partial charge in [0.05, 0.1) is 0 Å². The molecular formula is C11H14FN. The Morgan fingerprint density at radius 2 is 2.15 bits per heavy atom. The minimum atomic E-state index is -0.128. The molecule has 0 aliphatic heterocycles. The Morgan fingerprint density at radius 3 is 2.62 bits per heavy atom. The molecule has 1 aliphatic rings. The van der Waals surface area contributed by atoms with Crippen LogP contribution >= 0.6 is 0 Å². The third-order valence-corrected chi connectivity index (χ3v) is 3.01. The summed E-state index contributed by atoms with van der Waals surface area (Å²) in [4.78, 5) is 0. The van der Waals surface area contributed by atoms with E-state index in [4.69, 9.17) is 5.73 Å². The molecule has 0 saturated heterocycles. The molecule has 1 aromatic carbocycles. The summed E-state index contributed by atoms with van der Waals surface area (Å²) >= 11 is 0. The fourth-order valence-electron chi connectivity index (χ4n) is 1.74. The van der Waals surface area contributed by atoms with Crippen LogP contribution in [0.3, 0.4) is 0 Å². The number of benzene rings is 1. The van der Waals surface area contributed by atoms with Crippen LogP contribution in [0.25, 0.3) is 0 Å². The Labute approximate surface area is 77.8 Å². The van der Waals surface area contributed by atoms with E-state index in [1.807, 2.05) is 12.1 Å². The summed E-state index contributed by atoms with van der Waals surface area (Å²) in [6.07, 6.45) is 2.29. The number of aryl methyl sites for hydroxylation is 1. The Balaban J connectivity index is 2.37. The van der Waals surface area contributed by atoms with Crippen LogP contribution in [0.1, 0.15) is 24.0 Å². The zero-order valence-corrected chi connectivity index (χ0v) is 7.81. The lowest BCUT2D eigenvalue weighted by molar-refractivity contribution is 0.614. The highest BCUT2D eigenvalue weighted by atomic mass is 19.1. The maximum atomic E-state index is 13.0. The summed E-state index contributed by atoms with van der Waals surface area (Å²) in [5.74, 6) is -0.128. The third kappa shape index (κ3) is 1.35. The molecule has 2 N–H and O–H groups in total. The second kappa shape index (κ2) is 2.81. The number of nitrogens with two attached hydrogens (primary N) is 1. The van der Waals surface area contributed by atoms with Crippen LogP contribution in [0.2, 0.25) is 0 Å². The molecule has 2 rings (SSSR count). The van der Waals surface area contributed by atoms with Crippen LogP contribution in [-0.4, -0.2) is 6.54 Å². The van der Waals surface area contributed by atoms with Crippen molar-refractivity contribution in [3.8, 4) is 0 Å². The Bertz CT molecular complexity index is 329. The lowest BCUT2D eigenvalue weighted by atomic mass is 9.95. The monoisotopic (exact) mass is 179 g/mol. The molecule has 0 aromatic heterocycles. The highest BCUT2D eigenvalue weighted by molar-refractivity contribution is 5.35. The van der Waals surface area contributed by atoms with Gasteiger partial charge in [-0.25, -0.2) is 4.39 Å². The molecule has 1 fully saturated rings. The molecule has 0 bridgehead atoms. The van der Waals surface area contributed by atoms with Crippen molar-refractivity contribution in [3.05, 3.63) is 35.1 Å². The Hall–Kier alpha value is -0.890. The first kappa shape index (κ1) is 8.70. The molecule has 0 heterocycles. The molecule has 1 aromatic rings. The van der Waals surface area contributed by atoms with Crippen molar-refractivity contribution in [3.63, 3.8) is 0 Å². The summed E-state index contributed by atoms with van der Waals surface area (Å²) in [6.45, 7) is 2.48. The first-order valence-electron chi connectivity index (χ1n) is 4.65. The van der Waals surface area contributed by atoms with E-state index in [9.17, 15) is 4.39 Å². The van der Waals surface area contributed by atoms with Crippen LogP contribution in [0.4, 0.5) is 4.39 Å². The minimum absolute atomic E-state index is 0.128. The average Bonchev–Trinajstić information content (AvgIpc) is 2.90. The summed E-state index contributed by atoms with van der Waals surface area (Å²) in [5.41, 5.74) is 7.80. The first-order chi connectivity index (χ1) is 6.18. The minimum Gasteiger partial charge on any atom is -0.330 e. The van der Waals surface area contributed by atoms with E-state index in [0.717, 1.165) is 18.4 Å². The van der Waals surface area contributed by atoms with Gasteiger partial charge in [0.25, 0.3) is 0 Å². The standard InChI is InChI=1S/C11H14FN/c1-8-6-9(2-3-10(8)12)11(7-13)4-5-11/h2-3,6H,4-5,7,13H2,1H3. The second-order valence-electron chi connectivity index (χ2n) is 3.95. The molecule has 1 aliphatic carbocycles.